The summed E-state index contributed by atoms with van der Waals surface area (Å²) in [5.41, 5.74) is 4.50. The van der Waals surface area contributed by atoms with E-state index in [-0.39, 0.29) is 11.9 Å². The zero-order valence-corrected chi connectivity index (χ0v) is 14.3. The number of nitrogens with one attached hydrogen (secondary N) is 1. The number of rotatable bonds is 6. The zero-order valence-electron chi connectivity index (χ0n) is 14.3. The van der Waals surface area contributed by atoms with Crippen LogP contribution in [0.4, 0.5) is 0 Å². The molecule has 122 valence electrons. The summed E-state index contributed by atoms with van der Waals surface area (Å²) in [6, 6.07) is 14.1. The third kappa shape index (κ3) is 5.13. The van der Waals surface area contributed by atoms with Crippen LogP contribution in [0.3, 0.4) is 0 Å². The summed E-state index contributed by atoms with van der Waals surface area (Å²) in [6.07, 6.45) is 0.405. The van der Waals surface area contributed by atoms with Gasteiger partial charge in [-0.2, -0.15) is 0 Å². The number of carbonyl (C=O) groups is 1. The molecule has 0 unspecified atom stereocenters. The lowest BCUT2D eigenvalue weighted by Crippen LogP contribution is -2.37. The van der Waals surface area contributed by atoms with Crippen LogP contribution in [0.2, 0.25) is 0 Å². The molecular formula is C20H25NO2. The van der Waals surface area contributed by atoms with Gasteiger partial charge in [0.25, 0.3) is 0 Å². The molecule has 0 spiro atoms. The highest BCUT2D eigenvalue weighted by Gasteiger charge is 2.11. The molecule has 0 heterocycles. The number of para-hydroxylation sites is 1. The van der Waals surface area contributed by atoms with Crippen molar-refractivity contribution >= 4 is 5.91 Å². The van der Waals surface area contributed by atoms with Crippen molar-refractivity contribution in [1.82, 2.24) is 5.32 Å². The second-order valence-electron chi connectivity index (χ2n) is 6.15. The molecule has 0 saturated carbocycles. The Balaban J connectivity index is 1.85. The first-order valence-corrected chi connectivity index (χ1v) is 7.99. The monoisotopic (exact) mass is 311 g/mol. The molecular weight excluding hydrogens is 286 g/mol. The Morgan fingerprint density at radius 3 is 2.57 bits per heavy atom. The molecule has 0 fully saturated rings. The summed E-state index contributed by atoms with van der Waals surface area (Å²) < 4.78 is 5.78. The van der Waals surface area contributed by atoms with Gasteiger partial charge in [-0.15, -0.1) is 0 Å². The minimum absolute atomic E-state index is 0.0274. The van der Waals surface area contributed by atoms with Gasteiger partial charge in [-0.3, -0.25) is 4.79 Å². The van der Waals surface area contributed by atoms with Crippen molar-refractivity contribution in [2.45, 2.75) is 40.2 Å². The first-order chi connectivity index (χ1) is 11.0. The fraction of sp³-hybridized carbons (Fsp3) is 0.350. The van der Waals surface area contributed by atoms with Gasteiger partial charge in [0.05, 0.1) is 12.5 Å². The minimum Gasteiger partial charge on any atom is -0.491 e. The third-order valence-electron chi connectivity index (χ3n) is 3.85. The van der Waals surface area contributed by atoms with Crippen molar-refractivity contribution in [3.63, 3.8) is 0 Å². The van der Waals surface area contributed by atoms with Crippen LogP contribution in [0.5, 0.6) is 5.75 Å². The van der Waals surface area contributed by atoms with Crippen molar-refractivity contribution in [3.05, 3.63) is 64.7 Å². The molecule has 23 heavy (non-hydrogen) atoms. The Kier molecular flexibility index (Phi) is 5.80. The molecule has 1 amide bonds. The predicted octanol–water partition coefficient (Wildman–Crippen LogP) is 3.74. The molecule has 1 N–H and O–H groups in total. The Hall–Kier alpha value is -2.29. The summed E-state index contributed by atoms with van der Waals surface area (Å²) in [7, 11) is 0. The van der Waals surface area contributed by atoms with E-state index in [0.29, 0.717) is 13.0 Å². The summed E-state index contributed by atoms with van der Waals surface area (Å²) in [6.45, 7) is 8.51. The fourth-order valence-corrected chi connectivity index (χ4v) is 2.46. The second-order valence-corrected chi connectivity index (χ2v) is 6.15. The Morgan fingerprint density at radius 1 is 1.09 bits per heavy atom. The van der Waals surface area contributed by atoms with E-state index < -0.39 is 0 Å². The molecule has 0 aliphatic heterocycles. The topological polar surface area (TPSA) is 38.3 Å². The van der Waals surface area contributed by atoms with Crippen LogP contribution in [0.15, 0.2) is 42.5 Å². The Morgan fingerprint density at radius 2 is 1.83 bits per heavy atom. The van der Waals surface area contributed by atoms with Crippen LogP contribution in [-0.2, 0) is 11.2 Å². The lowest BCUT2D eigenvalue weighted by molar-refractivity contribution is -0.121. The average molecular weight is 311 g/mol. The molecule has 3 nitrogen and oxygen atoms in total. The maximum absolute atomic E-state index is 12.2. The van der Waals surface area contributed by atoms with E-state index in [1.54, 1.807) is 0 Å². The number of hydrogen-bond donors (Lipinski definition) is 1. The van der Waals surface area contributed by atoms with Gasteiger partial charge in [-0.1, -0.05) is 42.0 Å². The van der Waals surface area contributed by atoms with E-state index in [1.165, 1.54) is 5.56 Å². The smallest absolute Gasteiger partial charge is 0.224 e. The lowest BCUT2D eigenvalue weighted by atomic mass is 10.0. The number of hydrogen-bond acceptors (Lipinski definition) is 2. The summed E-state index contributed by atoms with van der Waals surface area (Å²) in [5, 5.41) is 3.00. The van der Waals surface area contributed by atoms with E-state index in [4.69, 9.17) is 4.74 Å². The van der Waals surface area contributed by atoms with E-state index in [1.807, 2.05) is 52.0 Å². The minimum atomic E-state index is -0.0350. The zero-order chi connectivity index (χ0) is 16.8. The van der Waals surface area contributed by atoms with Gasteiger partial charge in [-0.05, 0) is 50.5 Å². The van der Waals surface area contributed by atoms with E-state index in [2.05, 4.69) is 23.5 Å². The fourth-order valence-electron chi connectivity index (χ4n) is 2.46. The molecule has 0 bridgehead atoms. The number of carbonyl (C=O) groups excluding carboxylic acids is 1. The Bertz CT molecular complexity index is 679. The number of amides is 1. The maximum atomic E-state index is 12.2. The highest BCUT2D eigenvalue weighted by atomic mass is 16.5. The van der Waals surface area contributed by atoms with Gasteiger partial charge in [0, 0.05) is 0 Å². The SMILES string of the molecule is Cc1ccc(C)c(CC(=O)N[C@@H](C)COc2ccccc2C)c1. The van der Waals surface area contributed by atoms with Crippen molar-refractivity contribution in [3.8, 4) is 5.75 Å². The molecule has 2 rings (SSSR count). The summed E-state index contributed by atoms with van der Waals surface area (Å²) in [5.74, 6) is 0.891. The van der Waals surface area contributed by atoms with Crippen LogP contribution in [0, 0.1) is 20.8 Å². The number of benzene rings is 2. The van der Waals surface area contributed by atoms with Crippen LogP contribution in [0.25, 0.3) is 0 Å². The molecule has 2 aromatic carbocycles. The van der Waals surface area contributed by atoms with Gasteiger partial charge in [0.15, 0.2) is 0 Å². The highest BCUT2D eigenvalue weighted by molar-refractivity contribution is 5.79. The maximum Gasteiger partial charge on any atom is 0.224 e. The van der Waals surface area contributed by atoms with E-state index >= 15 is 0 Å². The number of aryl methyl sites for hydroxylation is 3. The molecule has 0 aromatic heterocycles. The van der Waals surface area contributed by atoms with Crippen LogP contribution < -0.4 is 10.1 Å². The molecule has 0 aliphatic rings. The summed E-state index contributed by atoms with van der Waals surface area (Å²) >= 11 is 0. The van der Waals surface area contributed by atoms with Gasteiger partial charge < -0.3 is 10.1 Å². The van der Waals surface area contributed by atoms with Crippen molar-refractivity contribution in [2.24, 2.45) is 0 Å². The number of ether oxygens (including phenoxy) is 1. The molecule has 0 radical (unpaired) electrons. The molecule has 0 saturated heterocycles. The largest absolute Gasteiger partial charge is 0.491 e. The standard InChI is InChI=1S/C20H25NO2/c1-14-9-10-15(2)18(11-14)12-20(22)21-17(4)13-23-19-8-6-5-7-16(19)3/h5-11,17H,12-13H2,1-4H3,(H,21,22)/t17-/m0/s1. The van der Waals surface area contributed by atoms with Gasteiger partial charge in [0.2, 0.25) is 5.91 Å². The van der Waals surface area contributed by atoms with Gasteiger partial charge >= 0.3 is 0 Å². The molecule has 3 heteroatoms. The molecule has 2 aromatic rings. The second kappa shape index (κ2) is 7.82. The van der Waals surface area contributed by atoms with Gasteiger partial charge in [0.1, 0.15) is 12.4 Å². The third-order valence-corrected chi connectivity index (χ3v) is 3.85. The predicted molar refractivity (Wildman–Crippen MR) is 93.9 cm³/mol. The normalized spacial score (nSPS) is 11.8. The average Bonchev–Trinajstić information content (AvgIpc) is 2.50. The first kappa shape index (κ1) is 17.1. The summed E-state index contributed by atoms with van der Waals surface area (Å²) in [4.78, 5) is 12.2. The van der Waals surface area contributed by atoms with E-state index in [9.17, 15) is 4.79 Å². The molecule has 0 aliphatic carbocycles. The van der Waals surface area contributed by atoms with Crippen molar-refractivity contribution in [1.29, 1.82) is 0 Å². The molecule has 1 atom stereocenters. The Labute approximate surface area is 138 Å². The lowest BCUT2D eigenvalue weighted by Gasteiger charge is -2.16. The van der Waals surface area contributed by atoms with Crippen molar-refractivity contribution in [2.75, 3.05) is 6.61 Å². The van der Waals surface area contributed by atoms with Gasteiger partial charge in [-0.25, -0.2) is 0 Å². The van der Waals surface area contributed by atoms with Crippen LogP contribution in [-0.4, -0.2) is 18.6 Å². The van der Waals surface area contributed by atoms with Crippen LogP contribution >= 0.6 is 0 Å². The quantitative estimate of drug-likeness (QED) is 0.882. The van der Waals surface area contributed by atoms with Crippen molar-refractivity contribution < 1.29 is 9.53 Å². The highest BCUT2D eigenvalue weighted by Crippen LogP contribution is 2.16. The van der Waals surface area contributed by atoms with E-state index in [0.717, 1.165) is 22.4 Å². The van der Waals surface area contributed by atoms with Crippen LogP contribution in [0.1, 0.15) is 29.2 Å². The first-order valence-electron chi connectivity index (χ1n) is 7.99.